The Morgan fingerprint density at radius 1 is 1.40 bits per heavy atom. The van der Waals surface area contributed by atoms with E-state index in [4.69, 9.17) is 16.3 Å². The fraction of sp³-hybridized carbons (Fsp3) is 1.00. The van der Waals surface area contributed by atoms with Gasteiger partial charge in [0.15, 0.2) is 6.00 Å². The van der Waals surface area contributed by atoms with Crippen molar-refractivity contribution >= 4 is 11.6 Å². The van der Waals surface area contributed by atoms with Gasteiger partial charge in [0, 0.05) is 0 Å². The largest absolute Gasteiger partial charge is 1.00 e. The maximum Gasteiger partial charge on any atom is 0.154 e. The van der Waals surface area contributed by atoms with E-state index in [0.29, 0.717) is 6.00 Å². The number of hydrogen-bond acceptors (Lipinski definition) is 1. The zero-order valence-corrected chi connectivity index (χ0v) is 7.66. The molecule has 0 aliphatic carbocycles. The summed E-state index contributed by atoms with van der Waals surface area (Å²) in [6.45, 7) is 3.85. The van der Waals surface area contributed by atoms with E-state index in [-0.39, 0.29) is 12.4 Å². The number of likely N-dealkylation sites (N-methyl/N-ethyl adjacent to an activating group) is 1. The van der Waals surface area contributed by atoms with Crippen LogP contribution in [0.2, 0.25) is 0 Å². The summed E-state index contributed by atoms with van der Waals surface area (Å²) in [5.74, 6) is 0. The molecule has 1 saturated heterocycles. The van der Waals surface area contributed by atoms with Crippen LogP contribution >= 0.6 is 11.6 Å². The van der Waals surface area contributed by atoms with Gasteiger partial charge in [-0.3, -0.25) is 0 Å². The molecule has 1 fully saturated rings. The molecular weight excluding hydrogens is 173 g/mol. The molecule has 0 aromatic heterocycles. The number of quaternary nitrogens is 1. The van der Waals surface area contributed by atoms with Gasteiger partial charge in [-0.25, -0.2) is 0 Å². The lowest BCUT2D eigenvalue weighted by atomic mass is 10.4. The first-order valence-electron chi connectivity index (χ1n) is 3.24. The van der Waals surface area contributed by atoms with Gasteiger partial charge in [0.25, 0.3) is 0 Å². The summed E-state index contributed by atoms with van der Waals surface area (Å²) in [6, 6.07) is 0.712. The Kier molecular flexibility index (Phi) is 4.61. The highest BCUT2D eigenvalue weighted by atomic mass is 35.5. The van der Waals surface area contributed by atoms with E-state index in [1.807, 2.05) is 0 Å². The lowest BCUT2D eigenvalue weighted by Gasteiger charge is -2.35. The maximum absolute atomic E-state index is 5.74. The number of rotatable bonds is 1. The van der Waals surface area contributed by atoms with E-state index in [2.05, 4.69) is 7.05 Å². The summed E-state index contributed by atoms with van der Waals surface area (Å²) >= 11 is 5.74. The molecule has 1 aliphatic heterocycles. The van der Waals surface area contributed by atoms with E-state index in [1.54, 1.807) is 0 Å². The van der Waals surface area contributed by atoms with Gasteiger partial charge in [0.1, 0.15) is 13.1 Å². The van der Waals surface area contributed by atoms with Crippen molar-refractivity contribution in [3.05, 3.63) is 0 Å². The Morgan fingerprint density at radius 2 is 1.90 bits per heavy atom. The van der Waals surface area contributed by atoms with Gasteiger partial charge in [-0.15, -0.1) is 0 Å². The van der Waals surface area contributed by atoms with Crippen LogP contribution in [0.3, 0.4) is 0 Å². The SMILES string of the molecule is C[N+]1(CCl)CCOCC1.[Cl-]. The maximum atomic E-state index is 5.74. The van der Waals surface area contributed by atoms with Gasteiger partial charge in [0.2, 0.25) is 0 Å². The molecule has 10 heavy (non-hydrogen) atoms. The molecule has 0 atom stereocenters. The van der Waals surface area contributed by atoms with Crippen molar-refractivity contribution < 1.29 is 21.6 Å². The van der Waals surface area contributed by atoms with Crippen LogP contribution in [0.15, 0.2) is 0 Å². The third kappa shape index (κ3) is 2.62. The molecule has 1 rings (SSSR count). The smallest absolute Gasteiger partial charge is 0.154 e. The molecule has 1 heterocycles. The fourth-order valence-corrected chi connectivity index (χ4v) is 1.14. The number of halogens is 2. The summed E-state index contributed by atoms with van der Waals surface area (Å²) in [6.07, 6.45) is 0. The Hall–Kier alpha value is 0.500. The predicted octanol–water partition coefficient (Wildman–Crippen LogP) is -2.34. The third-order valence-electron chi connectivity index (χ3n) is 1.84. The van der Waals surface area contributed by atoms with Crippen LogP contribution in [0, 0.1) is 0 Å². The molecule has 0 bridgehead atoms. The third-order valence-corrected chi connectivity index (χ3v) is 2.42. The number of nitrogens with zero attached hydrogens (tertiary/aromatic N) is 1. The molecule has 62 valence electrons. The minimum absolute atomic E-state index is 0. The fourth-order valence-electron chi connectivity index (χ4n) is 0.903. The number of morpholine rings is 1. The molecule has 0 amide bonds. The van der Waals surface area contributed by atoms with Crippen molar-refractivity contribution in [3.8, 4) is 0 Å². The van der Waals surface area contributed by atoms with Crippen LogP contribution in [0.4, 0.5) is 0 Å². The first-order chi connectivity index (χ1) is 4.27. The van der Waals surface area contributed by atoms with E-state index >= 15 is 0 Å². The van der Waals surface area contributed by atoms with E-state index in [9.17, 15) is 0 Å². The molecular formula is C6H13Cl2NO. The molecule has 0 spiro atoms. The van der Waals surface area contributed by atoms with E-state index in [0.717, 1.165) is 30.8 Å². The van der Waals surface area contributed by atoms with Gasteiger partial charge < -0.3 is 21.6 Å². The first kappa shape index (κ1) is 10.5. The molecule has 2 nitrogen and oxygen atoms in total. The van der Waals surface area contributed by atoms with Crippen molar-refractivity contribution in [2.24, 2.45) is 0 Å². The molecule has 4 heteroatoms. The highest BCUT2D eigenvalue weighted by molar-refractivity contribution is 6.16. The summed E-state index contributed by atoms with van der Waals surface area (Å²) in [7, 11) is 2.16. The Labute approximate surface area is 73.1 Å². The highest BCUT2D eigenvalue weighted by Gasteiger charge is 2.23. The monoisotopic (exact) mass is 185 g/mol. The molecule has 0 N–H and O–H groups in total. The summed E-state index contributed by atoms with van der Waals surface area (Å²) in [4.78, 5) is 0. The number of alkyl halides is 1. The van der Waals surface area contributed by atoms with Crippen LogP contribution in [0.1, 0.15) is 0 Å². The summed E-state index contributed by atoms with van der Waals surface area (Å²) in [5, 5.41) is 0. The van der Waals surface area contributed by atoms with Crippen LogP contribution in [0.25, 0.3) is 0 Å². The topological polar surface area (TPSA) is 9.23 Å². The Balaban J connectivity index is 0.000000810. The Morgan fingerprint density at radius 3 is 2.20 bits per heavy atom. The van der Waals surface area contributed by atoms with Crippen molar-refractivity contribution in [3.63, 3.8) is 0 Å². The van der Waals surface area contributed by atoms with Crippen molar-refractivity contribution in [2.75, 3.05) is 39.4 Å². The minimum atomic E-state index is 0. The van der Waals surface area contributed by atoms with Gasteiger partial charge in [-0.1, -0.05) is 11.6 Å². The summed E-state index contributed by atoms with van der Waals surface area (Å²) < 4.78 is 6.15. The second kappa shape index (κ2) is 4.39. The van der Waals surface area contributed by atoms with Crippen LogP contribution in [-0.2, 0) is 4.74 Å². The van der Waals surface area contributed by atoms with Crippen molar-refractivity contribution in [1.29, 1.82) is 0 Å². The second-order valence-electron chi connectivity index (χ2n) is 2.80. The van der Waals surface area contributed by atoms with Crippen molar-refractivity contribution in [1.82, 2.24) is 0 Å². The highest BCUT2D eigenvalue weighted by Crippen LogP contribution is 2.07. The number of hydrogen-bond donors (Lipinski definition) is 0. The van der Waals surface area contributed by atoms with Crippen LogP contribution in [0.5, 0.6) is 0 Å². The molecule has 0 saturated carbocycles. The van der Waals surface area contributed by atoms with Gasteiger partial charge in [0.05, 0.1) is 20.3 Å². The van der Waals surface area contributed by atoms with Gasteiger partial charge in [-0.05, 0) is 0 Å². The van der Waals surface area contributed by atoms with Crippen LogP contribution in [-0.4, -0.2) is 43.8 Å². The normalized spacial score (nSPS) is 23.4. The zero-order valence-electron chi connectivity index (χ0n) is 6.15. The summed E-state index contributed by atoms with van der Waals surface area (Å²) in [5.41, 5.74) is 0. The molecule has 0 aromatic carbocycles. The molecule has 0 radical (unpaired) electrons. The average molecular weight is 186 g/mol. The van der Waals surface area contributed by atoms with Crippen molar-refractivity contribution in [2.45, 2.75) is 0 Å². The lowest BCUT2D eigenvalue weighted by molar-refractivity contribution is -0.906. The quantitative estimate of drug-likeness (QED) is 0.253. The van der Waals surface area contributed by atoms with Crippen LogP contribution < -0.4 is 12.4 Å². The van der Waals surface area contributed by atoms with E-state index < -0.39 is 0 Å². The lowest BCUT2D eigenvalue weighted by Crippen LogP contribution is -3.00. The van der Waals surface area contributed by atoms with E-state index in [1.165, 1.54) is 0 Å². The standard InChI is InChI=1S/C6H13ClNO.ClH/c1-8(6-7)2-4-9-5-3-8;/h2-6H2,1H3;1H/q+1;/p-1. The average Bonchev–Trinajstić information content (AvgIpc) is 1.90. The predicted molar refractivity (Wildman–Crippen MR) is 37.5 cm³/mol. The second-order valence-corrected chi connectivity index (χ2v) is 3.04. The Bertz CT molecular complexity index is 93.7. The minimum Gasteiger partial charge on any atom is -1.00 e. The molecule has 1 aliphatic rings. The van der Waals surface area contributed by atoms with Gasteiger partial charge in [-0.2, -0.15) is 0 Å². The van der Waals surface area contributed by atoms with Gasteiger partial charge >= 0.3 is 0 Å². The molecule has 0 unspecified atom stereocenters. The zero-order chi connectivity index (χ0) is 6.74. The number of ether oxygens (including phenoxy) is 1. The molecule has 0 aromatic rings. The first-order valence-corrected chi connectivity index (χ1v) is 3.78.